The predicted molar refractivity (Wildman–Crippen MR) is 74.6 cm³/mol. The first-order valence-electron chi connectivity index (χ1n) is 6.94. The number of aromatic amines is 1. The first kappa shape index (κ1) is 14.5. The average molecular weight is 280 g/mol. The molecule has 0 bridgehead atoms. The van der Waals surface area contributed by atoms with Gasteiger partial charge in [0.2, 0.25) is 0 Å². The van der Waals surface area contributed by atoms with E-state index in [4.69, 9.17) is 0 Å². The lowest BCUT2D eigenvalue weighted by atomic mass is 10.0. The maximum absolute atomic E-state index is 12.5. The summed E-state index contributed by atoms with van der Waals surface area (Å²) in [6.45, 7) is 5.52. The van der Waals surface area contributed by atoms with Crippen LogP contribution >= 0.6 is 0 Å². The van der Waals surface area contributed by atoms with Gasteiger partial charge in [-0.3, -0.25) is 4.79 Å². The number of hydrogen-bond donors (Lipinski definition) is 2. The number of nitrogens with zero attached hydrogens (tertiary/aromatic N) is 2. The summed E-state index contributed by atoms with van der Waals surface area (Å²) in [5.41, 5.74) is 0.284. The summed E-state index contributed by atoms with van der Waals surface area (Å²) in [5.74, 6) is -0.312. The average Bonchev–Trinajstić information content (AvgIpc) is 2.95. The minimum absolute atomic E-state index is 0.132. The summed E-state index contributed by atoms with van der Waals surface area (Å²) < 4.78 is 0. The number of carbonyl (C=O) groups is 1. The summed E-state index contributed by atoms with van der Waals surface area (Å²) in [5, 5.41) is 14.1. The number of aromatic nitrogens is 1. The first-order valence-corrected chi connectivity index (χ1v) is 6.94. The quantitative estimate of drug-likeness (QED) is 0.646. The smallest absolute Gasteiger partial charge is 0.321 e. The molecular weight excluding hydrogens is 260 g/mol. The molecule has 1 amide bonds. The topological polar surface area (TPSA) is 91.3 Å². The van der Waals surface area contributed by atoms with Crippen molar-refractivity contribution in [1.29, 1.82) is 0 Å². The number of hydrogen-bond acceptors (Lipinski definition) is 4. The Morgan fingerprint density at radius 2 is 2.20 bits per heavy atom. The highest BCUT2D eigenvalue weighted by Gasteiger charge is 2.32. The van der Waals surface area contributed by atoms with E-state index in [2.05, 4.69) is 17.2 Å². The number of nitrogens with one attached hydrogen (secondary N) is 2. The number of H-pyrrole nitrogens is 1. The van der Waals surface area contributed by atoms with Crippen LogP contribution in [0.15, 0.2) is 12.1 Å². The van der Waals surface area contributed by atoms with Crippen LogP contribution in [0.3, 0.4) is 0 Å². The lowest BCUT2D eigenvalue weighted by Crippen LogP contribution is -2.57. The lowest BCUT2D eigenvalue weighted by molar-refractivity contribution is -0.389. The Morgan fingerprint density at radius 3 is 2.75 bits per heavy atom. The van der Waals surface area contributed by atoms with Crippen molar-refractivity contribution < 1.29 is 9.72 Å². The zero-order valence-electron chi connectivity index (χ0n) is 11.8. The van der Waals surface area contributed by atoms with Crippen LogP contribution in [0.5, 0.6) is 0 Å². The molecule has 0 aliphatic carbocycles. The van der Waals surface area contributed by atoms with E-state index in [1.165, 1.54) is 12.1 Å². The first-order chi connectivity index (χ1) is 9.56. The van der Waals surface area contributed by atoms with Crippen LogP contribution in [0.25, 0.3) is 0 Å². The predicted octanol–water partition coefficient (Wildman–Crippen LogP) is 1.53. The van der Waals surface area contributed by atoms with Crippen molar-refractivity contribution in [2.45, 2.75) is 38.8 Å². The van der Waals surface area contributed by atoms with Gasteiger partial charge in [0.1, 0.15) is 0 Å². The molecule has 2 heterocycles. The molecule has 2 atom stereocenters. The van der Waals surface area contributed by atoms with Gasteiger partial charge in [0.05, 0.1) is 0 Å². The molecule has 1 aliphatic rings. The third-order valence-electron chi connectivity index (χ3n) is 3.82. The summed E-state index contributed by atoms with van der Waals surface area (Å²) in [4.78, 5) is 27.1. The van der Waals surface area contributed by atoms with Crippen LogP contribution in [0.4, 0.5) is 5.82 Å². The third kappa shape index (κ3) is 2.82. The molecule has 0 saturated carbocycles. The molecule has 1 aromatic heterocycles. The van der Waals surface area contributed by atoms with Gasteiger partial charge < -0.3 is 20.3 Å². The molecule has 2 N–H and O–H groups in total. The highest BCUT2D eigenvalue weighted by atomic mass is 16.6. The van der Waals surface area contributed by atoms with Crippen molar-refractivity contribution in [2.24, 2.45) is 0 Å². The number of amides is 1. The Bertz CT molecular complexity index is 500. The Morgan fingerprint density at radius 1 is 1.45 bits per heavy atom. The molecule has 1 aliphatic heterocycles. The van der Waals surface area contributed by atoms with Crippen molar-refractivity contribution >= 4 is 11.7 Å². The number of carbonyl (C=O) groups excluding carboxylic acids is 1. The Labute approximate surface area is 117 Å². The third-order valence-corrected chi connectivity index (χ3v) is 3.82. The van der Waals surface area contributed by atoms with E-state index in [1.54, 1.807) is 0 Å². The maximum Gasteiger partial charge on any atom is 0.321 e. The van der Waals surface area contributed by atoms with Crippen LogP contribution in [0, 0.1) is 10.1 Å². The fourth-order valence-electron chi connectivity index (χ4n) is 2.52. The Hall–Kier alpha value is -1.89. The SMILES string of the molecule is CCC1CN(C(=O)c2ccc([N+](=O)[O-])[nH]2)C(CC)CN1. The molecule has 7 nitrogen and oxygen atoms in total. The summed E-state index contributed by atoms with van der Waals surface area (Å²) in [6, 6.07) is 3.23. The highest BCUT2D eigenvalue weighted by molar-refractivity contribution is 5.93. The van der Waals surface area contributed by atoms with Crippen LogP contribution in [0.2, 0.25) is 0 Å². The molecule has 2 rings (SSSR count). The monoisotopic (exact) mass is 280 g/mol. The molecule has 1 fully saturated rings. The summed E-state index contributed by atoms with van der Waals surface area (Å²) >= 11 is 0. The second-order valence-corrected chi connectivity index (χ2v) is 5.05. The zero-order chi connectivity index (χ0) is 14.7. The van der Waals surface area contributed by atoms with Crippen molar-refractivity contribution in [1.82, 2.24) is 15.2 Å². The van der Waals surface area contributed by atoms with Crippen LogP contribution < -0.4 is 5.32 Å². The molecule has 20 heavy (non-hydrogen) atoms. The molecule has 0 aromatic carbocycles. The van der Waals surface area contributed by atoms with Gasteiger partial charge in [-0.15, -0.1) is 0 Å². The van der Waals surface area contributed by atoms with Gasteiger partial charge in [-0.25, -0.2) is 4.98 Å². The van der Waals surface area contributed by atoms with E-state index >= 15 is 0 Å². The second kappa shape index (κ2) is 6.04. The van der Waals surface area contributed by atoms with Gasteiger partial charge in [0.25, 0.3) is 5.91 Å². The minimum Gasteiger partial charge on any atom is -0.358 e. The number of piperazine rings is 1. The van der Waals surface area contributed by atoms with E-state index in [0.717, 1.165) is 19.4 Å². The standard InChI is InChI=1S/C13H20N4O3/c1-3-9-8-16(10(4-2)7-14-9)13(18)11-5-6-12(15-11)17(19)20/h5-6,9-10,14-15H,3-4,7-8H2,1-2H3. The molecular formula is C13H20N4O3. The Kier molecular flexibility index (Phi) is 4.39. The Balaban J connectivity index is 2.17. The van der Waals surface area contributed by atoms with Gasteiger partial charge in [-0.05, 0) is 23.8 Å². The second-order valence-electron chi connectivity index (χ2n) is 5.05. The highest BCUT2D eigenvalue weighted by Crippen LogP contribution is 2.18. The summed E-state index contributed by atoms with van der Waals surface area (Å²) in [6.07, 6.45) is 1.81. The van der Waals surface area contributed by atoms with E-state index in [1.807, 2.05) is 11.8 Å². The fraction of sp³-hybridized carbons (Fsp3) is 0.615. The molecule has 1 aromatic rings. The number of rotatable bonds is 4. The molecule has 1 saturated heterocycles. The normalized spacial score (nSPS) is 22.8. The summed E-state index contributed by atoms with van der Waals surface area (Å²) in [7, 11) is 0. The van der Waals surface area contributed by atoms with Crippen molar-refractivity contribution in [3.8, 4) is 0 Å². The van der Waals surface area contributed by atoms with Crippen molar-refractivity contribution in [3.63, 3.8) is 0 Å². The van der Waals surface area contributed by atoms with E-state index < -0.39 is 4.92 Å². The van der Waals surface area contributed by atoms with E-state index in [0.29, 0.717) is 6.54 Å². The molecule has 110 valence electrons. The van der Waals surface area contributed by atoms with Gasteiger partial charge in [-0.1, -0.05) is 13.8 Å². The largest absolute Gasteiger partial charge is 0.358 e. The van der Waals surface area contributed by atoms with E-state index in [-0.39, 0.29) is 29.5 Å². The van der Waals surface area contributed by atoms with Gasteiger partial charge >= 0.3 is 5.82 Å². The van der Waals surface area contributed by atoms with Gasteiger partial charge in [0.15, 0.2) is 5.69 Å². The van der Waals surface area contributed by atoms with Crippen LogP contribution in [-0.2, 0) is 0 Å². The number of nitro groups is 1. The molecule has 0 spiro atoms. The molecule has 7 heteroatoms. The molecule has 0 radical (unpaired) electrons. The lowest BCUT2D eigenvalue weighted by Gasteiger charge is -2.39. The van der Waals surface area contributed by atoms with E-state index in [9.17, 15) is 14.9 Å². The molecule has 2 unspecified atom stereocenters. The minimum atomic E-state index is -0.527. The van der Waals surface area contributed by atoms with Crippen LogP contribution in [-0.4, -0.2) is 45.9 Å². The van der Waals surface area contributed by atoms with Gasteiger partial charge in [0, 0.05) is 31.2 Å². The van der Waals surface area contributed by atoms with Crippen molar-refractivity contribution in [3.05, 3.63) is 27.9 Å². The van der Waals surface area contributed by atoms with Gasteiger partial charge in [-0.2, -0.15) is 0 Å². The van der Waals surface area contributed by atoms with Crippen LogP contribution in [0.1, 0.15) is 37.2 Å². The zero-order valence-corrected chi connectivity index (χ0v) is 11.8. The fourth-order valence-corrected chi connectivity index (χ4v) is 2.52. The van der Waals surface area contributed by atoms with Crippen molar-refractivity contribution in [2.75, 3.05) is 13.1 Å². The maximum atomic E-state index is 12.5.